The van der Waals surface area contributed by atoms with Gasteiger partial charge < -0.3 is 4.90 Å². The lowest BCUT2D eigenvalue weighted by atomic mass is 9.92. The van der Waals surface area contributed by atoms with Crippen LogP contribution in [0.4, 0.5) is 14.5 Å². The van der Waals surface area contributed by atoms with E-state index in [-0.39, 0.29) is 28.8 Å². The number of fused-ring (bicyclic) bond motifs is 3. The Morgan fingerprint density at radius 1 is 1.25 bits per heavy atom. The molecule has 24 heavy (non-hydrogen) atoms. The highest BCUT2D eigenvalue weighted by Crippen LogP contribution is 2.59. The van der Waals surface area contributed by atoms with Crippen LogP contribution in [0.25, 0.3) is 11.3 Å². The number of hydrogen-bond acceptors (Lipinski definition) is 3. The van der Waals surface area contributed by atoms with E-state index >= 15 is 0 Å². The molecule has 0 N–H and O–H groups in total. The Morgan fingerprint density at radius 3 is 2.71 bits per heavy atom. The molecule has 2 heterocycles. The molecule has 0 amide bonds. The molecule has 1 aliphatic heterocycles. The van der Waals surface area contributed by atoms with Gasteiger partial charge in [-0.15, -0.1) is 0 Å². The van der Waals surface area contributed by atoms with E-state index < -0.39 is 5.82 Å². The first-order chi connectivity index (χ1) is 11.4. The van der Waals surface area contributed by atoms with Crippen molar-refractivity contribution in [3.8, 4) is 11.3 Å². The van der Waals surface area contributed by atoms with Crippen molar-refractivity contribution < 1.29 is 8.78 Å². The minimum Gasteiger partial charge on any atom is -0.366 e. The number of nitrogens with zero attached hydrogens (tertiary/aromatic N) is 3. The average Bonchev–Trinajstić information content (AvgIpc) is 3.29. The number of anilines is 1. The second kappa shape index (κ2) is 5.38. The molecule has 6 heteroatoms. The average molecular weight is 350 g/mol. The highest BCUT2D eigenvalue weighted by atomic mass is 35.5. The van der Waals surface area contributed by atoms with E-state index in [1.807, 2.05) is 6.07 Å². The first-order valence-corrected chi connectivity index (χ1v) is 8.56. The summed E-state index contributed by atoms with van der Waals surface area (Å²) in [7, 11) is 0. The first-order valence-electron chi connectivity index (χ1n) is 8.18. The lowest BCUT2D eigenvalue weighted by molar-refractivity contribution is 0.491. The summed E-state index contributed by atoms with van der Waals surface area (Å²) >= 11 is 5.79. The monoisotopic (exact) mass is 349 g/mol. The molecule has 1 aromatic heterocycles. The lowest BCUT2D eigenvalue weighted by Gasteiger charge is -2.40. The van der Waals surface area contributed by atoms with Crippen LogP contribution in [-0.4, -0.2) is 22.1 Å². The number of aromatic nitrogens is 2. The summed E-state index contributed by atoms with van der Waals surface area (Å²) in [4.78, 5) is 9.80. The van der Waals surface area contributed by atoms with Gasteiger partial charge in [0.25, 0.3) is 0 Å². The molecule has 2 aromatic rings. The van der Waals surface area contributed by atoms with Crippen LogP contribution in [-0.2, 0) is 0 Å². The van der Waals surface area contributed by atoms with Gasteiger partial charge in [-0.25, -0.2) is 18.7 Å². The van der Waals surface area contributed by atoms with Gasteiger partial charge in [-0.05, 0) is 62.8 Å². The van der Waals surface area contributed by atoms with Crippen molar-refractivity contribution in [2.24, 2.45) is 5.92 Å². The summed E-state index contributed by atoms with van der Waals surface area (Å²) in [5, 5.41) is -0.0548. The molecule has 3 atom stereocenters. The quantitative estimate of drug-likeness (QED) is 0.729. The molecule has 2 unspecified atom stereocenters. The molecule has 1 aliphatic carbocycles. The van der Waals surface area contributed by atoms with E-state index in [0.717, 1.165) is 23.9 Å². The molecule has 2 aliphatic rings. The van der Waals surface area contributed by atoms with Gasteiger partial charge in [0.05, 0.1) is 6.20 Å². The smallest absolute Gasteiger partial charge is 0.223 e. The van der Waals surface area contributed by atoms with Crippen molar-refractivity contribution in [3.63, 3.8) is 0 Å². The maximum atomic E-state index is 14.9. The van der Waals surface area contributed by atoms with E-state index in [1.54, 1.807) is 0 Å². The molecule has 3 nitrogen and oxygen atoms in total. The van der Waals surface area contributed by atoms with E-state index in [0.29, 0.717) is 17.5 Å². The second-order valence-electron chi connectivity index (χ2n) is 6.97. The van der Waals surface area contributed by atoms with Crippen molar-refractivity contribution in [2.75, 3.05) is 4.90 Å². The van der Waals surface area contributed by atoms with Gasteiger partial charge in [0.1, 0.15) is 11.5 Å². The molecule has 0 saturated heterocycles. The van der Waals surface area contributed by atoms with Gasteiger partial charge in [0.2, 0.25) is 5.28 Å². The Balaban J connectivity index is 1.91. The third kappa shape index (κ3) is 2.29. The number of halogens is 3. The molecule has 1 fully saturated rings. The van der Waals surface area contributed by atoms with Gasteiger partial charge in [-0.2, -0.15) is 0 Å². The molecular formula is C18H18ClF2N3. The molecule has 1 aromatic carbocycles. The molecule has 4 rings (SSSR count). The molecule has 0 bridgehead atoms. The second-order valence-corrected chi connectivity index (χ2v) is 7.31. The summed E-state index contributed by atoms with van der Waals surface area (Å²) in [6, 6.07) is 3.78. The predicted octanol–water partition coefficient (Wildman–Crippen LogP) is 4.80. The fourth-order valence-corrected chi connectivity index (χ4v) is 4.26. The van der Waals surface area contributed by atoms with E-state index in [1.165, 1.54) is 6.07 Å². The summed E-state index contributed by atoms with van der Waals surface area (Å²) in [6.07, 6.45) is 2.03. The van der Waals surface area contributed by atoms with Crippen LogP contribution in [0.2, 0.25) is 5.28 Å². The Kier molecular flexibility index (Phi) is 3.53. The molecule has 0 spiro atoms. The third-order valence-corrected chi connectivity index (χ3v) is 5.38. The summed E-state index contributed by atoms with van der Waals surface area (Å²) in [5.74, 6) is -0.118. The largest absolute Gasteiger partial charge is 0.366 e. The van der Waals surface area contributed by atoms with Crippen molar-refractivity contribution >= 4 is 17.3 Å². The SMILES string of the molecule is CC(C)N1c2cc(-c3nc(Cl)ncc3F)cc(F)c2[C@H]2CC2C1C. The van der Waals surface area contributed by atoms with Crippen molar-refractivity contribution in [1.29, 1.82) is 0 Å². The maximum absolute atomic E-state index is 14.9. The highest BCUT2D eigenvalue weighted by molar-refractivity contribution is 6.28. The zero-order valence-corrected chi connectivity index (χ0v) is 14.5. The summed E-state index contributed by atoms with van der Waals surface area (Å²) in [6.45, 7) is 6.37. The third-order valence-electron chi connectivity index (χ3n) is 5.20. The van der Waals surface area contributed by atoms with Gasteiger partial charge in [0, 0.05) is 28.9 Å². The number of benzene rings is 1. The van der Waals surface area contributed by atoms with E-state index in [2.05, 4.69) is 35.6 Å². The van der Waals surface area contributed by atoms with Crippen LogP contribution in [0.1, 0.15) is 38.7 Å². The van der Waals surface area contributed by atoms with Crippen molar-refractivity contribution in [1.82, 2.24) is 9.97 Å². The minimum atomic E-state index is -0.608. The zero-order valence-electron chi connectivity index (χ0n) is 13.7. The first kappa shape index (κ1) is 15.8. The van der Waals surface area contributed by atoms with Crippen LogP contribution in [0.5, 0.6) is 0 Å². The van der Waals surface area contributed by atoms with E-state index in [9.17, 15) is 8.78 Å². The van der Waals surface area contributed by atoms with Gasteiger partial charge in [0.15, 0.2) is 5.82 Å². The van der Waals surface area contributed by atoms with Crippen LogP contribution < -0.4 is 4.90 Å². The Hall–Kier alpha value is -1.75. The molecular weight excluding hydrogens is 332 g/mol. The van der Waals surface area contributed by atoms with Crippen LogP contribution in [0.15, 0.2) is 18.3 Å². The summed E-state index contributed by atoms with van der Waals surface area (Å²) < 4.78 is 29.0. The predicted molar refractivity (Wildman–Crippen MR) is 90.3 cm³/mol. The Bertz CT molecular complexity index is 824. The van der Waals surface area contributed by atoms with Gasteiger partial charge in [-0.3, -0.25) is 0 Å². The van der Waals surface area contributed by atoms with Crippen molar-refractivity contribution in [2.45, 2.75) is 45.2 Å². The van der Waals surface area contributed by atoms with Crippen LogP contribution >= 0.6 is 11.6 Å². The number of rotatable bonds is 2. The Morgan fingerprint density at radius 2 is 2.00 bits per heavy atom. The minimum absolute atomic E-state index is 0.0333. The summed E-state index contributed by atoms with van der Waals surface area (Å²) in [5.41, 5.74) is 2.03. The normalized spacial score (nSPS) is 24.8. The molecule has 126 valence electrons. The highest BCUT2D eigenvalue weighted by Gasteiger charge is 2.51. The van der Waals surface area contributed by atoms with Gasteiger partial charge >= 0.3 is 0 Å². The van der Waals surface area contributed by atoms with Crippen LogP contribution in [0.3, 0.4) is 0 Å². The van der Waals surface area contributed by atoms with Crippen molar-refractivity contribution in [3.05, 3.63) is 40.8 Å². The fourth-order valence-electron chi connectivity index (χ4n) is 4.12. The molecule has 0 radical (unpaired) electrons. The lowest BCUT2D eigenvalue weighted by Crippen LogP contribution is -2.43. The standard InChI is InChI=1S/C18H18ClF2N3/c1-8(2)24-9(3)11-6-12(11)16-13(20)4-10(5-15(16)24)17-14(21)7-22-18(19)23-17/h4-5,7-9,11-12H,6H2,1-3H3/t9?,11?,12-/m0/s1. The molecule has 1 saturated carbocycles. The van der Waals surface area contributed by atoms with Crippen LogP contribution in [0, 0.1) is 17.6 Å². The zero-order chi connectivity index (χ0) is 17.2. The van der Waals surface area contributed by atoms with E-state index in [4.69, 9.17) is 11.6 Å². The fraction of sp³-hybridized carbons (Fsp3) is 0.444. The Labute approximate surface area is 144 Å². The topological polar surface area (TPSA) is 29.0 Å². The maximum Gasteiger partial charge on any atom is 0.223 e. The number of hydrogen-bond donors (Lipinski definition) is 0. The van der Waals surface area contributed by atoms with Gasteiger partial charge in [-0.1, -0.05) is 0 Å².